The molecule has 4 heteroatoms. The molecular formula is C9H13O3P. The molecule has 0 N–H and O–H groups in total. The molecule has 0 aliphatic carbocycles. The molecule has 0 aliphatic heterocycles. The average molecular weight is 200 g/mol. The summed E-state index contributed by atoms with van der Waals surface area (Å²) in [5.74, 6) is 0.759. The second-order valence-electron chi connectivity index (χ2n) is 2.45. The van der Waals surface area contributed by atoms with Gasteiger partial charge in [-0.25, -0.2) is 0 Å². The average Bonchev–Trinajstić information content (AvgIpc) is 2.18. The Balaban J connectivity index is 2.74. The minimum absolute atomic E-state index is 0.476. The maximum atomic E-state index is 11.4. The van der Waals surface area contributed by atoms with E-state index in [0.29, 0.717) is 6.61 Å². The normalized spacial score (nSPS) is 12.5. The van der Waals surface area contributed by atoms with E-state index in [9.17, 15) is 4.57 Å². The third-order valence-electron chi connectivity index (χ3n) is 1.60. The highest BCUT2D eigenvalue weighted by Gasteiger charge is 2.01. The first kappa shape index (κ1) is 10.3. The van der Waals surface area contributed by atoms with Crippen LogP contribution < -0.4 is 10.0 Å². The van der Waals surface area contributed by atoms with Gasteiger partial charge in [0.2, 0.25) is 8.03 Å². The number of ether oxygens (including phenoxy) is 1. The quantitative estimate of drug-likeness (QED) is 0.695. The van der Waals surface area contributed by atoms with Gasteiger partial charge >= 0.3 is 0 Å². The van der Waals surface area contributed by atoms with Crippen LogP contribution in [-0.4, -0.2) is 13.7 Å². The third-order valence-corrected chi connectivity index (χ3v) is 2.96. The lowest BCUT2D eigenvalue weighted by Crippen LogP contribution is -1.97. The summed E-state index contributed by atoms with van der Waals surface area (Å²) < 4.78 is 21.4. The minimum Gasteiger partial charge on any atom is -0.497 e. The molecule has 0 amide bonds. The molecule has 0 saturated carbocycles. The van der Waals surface area contributed by atoms with E-state index in [1.54, 1.807) is 31.4 Å². The molecule has 72 valence electrons. The van der Waals surface area contributed by atoms with E-state index in [-0.39, 0.29) is 0 Å². The summed E-state index contributed by atoms with van der Waals surface area (Å²) in [5, 5.41) is 0.729. The molecule has 0 aliphatic rings. The van der Waals surface area contributed by atoms with Crippen LogP contribution in [0.1, 0.15) is 6.92 Å². The van der Waals surface area contributed by atoms with Gasteiger partial charge in [0.25, 0.3) is 0 Å². The van der Waals surface area contributed by atoms with Crippen molar-refractivity contribution in [2.75, 3.05) is 13.7 Å². The SMILES string of the molecule is CCO[PH](=O)c1ccc(OC)cc1. The van der Waals surface area contributed by atoms with E-state index in [0.717, 1.165) is 11.1 Å². The fourth-order valence-corrected chi connectivity index (χ4v) is 1.81. The Labute approximate surface area is 78.5 Å². The van der Waals surface area contributed by atoms with Crippen LogP contribution in [0.2, 0.25) is 0 Å². The van der Waals surface area contributed by atoms with Crippen molar-refractivity contribution in [1.29, 1.82) is 0 Å². The number of benzene rings is 1. The van der Waals surface area contributed by atoms with Gasteiger partial charge in [-0.3, -0.25) is 4.57 Å². The van der Waals surface area contributed by atoms with Crippen LogP contribution in [0.15, 0.2) is 24.3 Å². The van der Waals surface area contributed by atoms with E-state index >= 15 is 0 Å². The molecule has 3 nitrogen and oxygen atoms in total. The fraction of sp³-hybridized carbons (Fsp3) is 0.333. The van der Waals surface area contributed by atoms with Crippen molar-refractivity contribution in [3.05, 3.63) is 24.3 Å². The van der Waals surface area contributed by atoms with Gasteiger partial charge in [-0.2, -0.15) is 0 Å². The molecular weight excluding hydrogens is 187 g/mol. The lowest BCUT2D eigenvalue weighted by atomic mass is 10.3. The van der Waals surface area contributed by atoms with Crippen LogP contribution in [0, 0.1) is 0 Å². The predicted molar refractivity (Wildman–Crippen MR) is 53.3 cm³/mol. The molecule has 0 spiro atoms. The highest BCUT2D eigenvalue weighted by Crippen LogP contribution is 2.22. The lowest BCUT2D eigenvalue weighted by Gasteiger charge is -2.03. The van der Waals surface area contributed by atoms with E-state index < -0.39 is 8.03 Å². The molecule has 1 unspecified atom stereocenters. The van der Waals surface area contributed by atoms with Crippen LogP contribution in [-0.2, 0) is 9.09 Å². The van der Waals surface area contributed by atoms with Gasteiger partial charge in [0.05, 0.1) is 13.7 Å². The molecule has 1 aromatic rings. The molecule has 0 aromatic heterocycles. The summed E-state index contributed by atoms with van der Waals surface area (Å²) in [6.45, 7) is 2.30. The third kappa shape index (κ3) is 2.87. The Bertz CT molecular complexity index is 281. The van der Waals surface area contributed by atoms with Gasteiger partial charge in [0, 0.05) is 5.30 Å². The van der Waals surface area contributed by atoms with Crippen molar-refractivity contribution in [3.63, 3.8) is 0 Å². The summed E-state index contributed by atoms with van der Waals surface area (Å²) in [7, 11) is -0.450. The van der Waals surface area contributed by atoms with E-state index in [2.05, 4.69) is 0 Å². The van der Waals surface area contributed by atoms with Crippen molar-refractivity contribution < 1.29 is 13.8 Å². The number of hydrogen-bond donors (Lipinski definition) is 0. The molecule has 13 heavy (non-hydrogen) atoms. The lowest BCUT2D eigenvalue weighted by molar-refractivity contribution is 0.357. The second-order valence-corrected chi connectivity index (χ2v) is 3.89. The van der Waals surface area contributed by atoms with Crippen molar-refractivity contribution in [2.24, 2.45) is 0 Å². The number of methoxy groups -OCH3 is 1. The van der Waals surface area contributed by atoms with Gasteiger partial charge in [0.1, 0.15) is 5.75 Å². The summed E-state index contributed by atoms with van der Waals surface area (Å²) in [5.41, 5.74) is 0. The Hall–Kier alpha value is -0.790. The molecule has 1 aromatic carbocycles. The van der Waals surface area contributed by atoms with E-state index in [1.165, 1.54) is 0 Å². The first-order chi connectivity index (χ1) is 6.27. The molecule has 0 fully saturated rings. The van der Waals surface area contributed by atoms with Crippen LogP contribution in [0.25, 0.3) is 0 Å². The van der Waals surface area contributed by atoms with Crippen LogP contribution in [0.3, 0.4) is 0 Å². The van der Waals surface area contributed by atoms with Gasteiger partial charge in [-0.05, 0) is 31.2 Å². The zero-order valence-electron chi connectivity index (χ0n) is 7.74. The zero-order chi connectivity index (χ0) is 9.68. The summed E-state index contributed by atoms with van der Waals surface area (Å²) in [4.78, 5) is 0. The number of hydrogen-bond acceptors (Lipinski definition) is 3. The maximum Gasteiger partial charge on any atom is 0.220 e. The molecule has 1 rings (SSSR count). The Kier molecular flexibility index (Phi) is 4.00. The number of rotatable bonds is 4. The molecule has 0 bridgehead atoms. The Morgan fingerprint density at radius 2 is 1.92 bits per heavy atom. The predicted octanol–water partition coefficient (Wildman–Crippen LogP) is 1.83. The molecule has 0 heterocycles. The van der Waals surface area contributed by atoms with Crippen molar-refractivity contribution >= 4 is 13.3 Å². The van der Waals surface area contributed by atoms with Crippen molar-refractivity contribution in [2.45, 2.75) is 6.92 Å². The van der Waals surface area contributed by atoms with Gasteiger partial charge in [0.15, 0.2) is 0 Å². The standard InChI is InChI=1S/C9H13O3P/c1-3-12-13(10)9-6-4-8(11-2)5-7-9/h4-7,13H,3H2,1-2H3. The summed E-state index contributed by atoms with van der Waals surface area (Å²) >= 11 is 0. The Morgan fingerprint density at radius 1 is 1.31 bits per heavy atom. The monoisotopic (exact) mass is 200 g/mol. The summed E-state index contributed by atoms with van der Waals surface area (Å²) in [6.07, 6.45) is 0. The smallest absolute Gasteiger partial charge is 0.220 e. The van der Waals surface area contributed by atoms with Gasteiger partial charge < -0.3 is 9.26 Å². The van der Waals surface area contributed by atoms with Crippen LogP contribution in [0.5, 0.6) is 5.75 Å². The Morgan fingerprint density at radius 3 is 2.38 bits per heavy atom. The zero-order valence-corrected chi connectivity index (χ0v) is 8.74. The topological polar surface area (TPSA) is 35.5 Å². The van der Waals surface area contributed by atoms with E-state index in [4.69, 9.17) is 9.26 Å². The maximum absolute atomic E-state index is 11.4. The van der Waals surface area contributed by atoms with Crippen molar-refractivity contribution in [1.82, 2.24) is 0 Å². The molecule has 1 atom stereocenters. The molecule has 0 radical (unpaired) electrons. The van der Waals surface area contributed by atoms with Gasteiger partial charge in [-0.15, -0.1) is 0 Å². The first-order valence-corrected chi connectivity index (χ1v) is 5.40. The summed E-state index contributed by atoms with van der Waals surface area (Å²) in [6, 6.07) is 7.07. The highest BCUT2D eigenvalue weighted by molar-refractivity contribution is 7.48. The van der Waals surface area contributed by atoms with E-state index in [1.807, 2.05) is 6.92 Å². The fourth-order valence-electron chi connectivity index (χ4n) is 0.942. The largest absolute Gasteiger partial charge is 0.497 e. The van der Waals surface area contributed by atoms with Crippen molar-refractivity contribution in [3.8, 4) is 5.75 Å². The van der Waals surface area contributed by atoms with Crippen LogP contribution >= 0.6 is 8.03 Å². The van der Waals surface area contributed by atoms with Crippen LogP contribution in [0.4, 0.5) is 0 Å². The molecule has 0 saturated heterocycles. The second kappa shape index (κ2) is 5.05. The first-order valence-electron chi connectivity index (χ1n) is 4.09. The minimum atomic E-state index is -2.05. The van der Waals surface area contributed by atoms with Gasteiger partial charge in [-0.1, -0.05) is 0 Å². The highest BCUT2D eigenvalue weighted by atomic mass is 31.1.